The van der Waals surface area contributed by atoms with E-state index < -0.39 is 0 Å². The predicted molar refractivity (Wildman–Crippen MR) is 36.3 cm³/mol. The molecule has 0 saturated carbocycles. The van der Waals surface area contributed by atoms with Gasteiger partial charge in [0.05, 0.1) is 6.04 Å². The summed E-state index contributed by atoms with van der Waals surface area (Å²) in [5.41, 5.74) is 0.325. The highest BCUT2D eigenvalue weighted by atomic mass is 16.1. The molecule has 0 aliphatic carbocycles. The van der Waals surface area contributed by atoms with Gasteiger partial charge in [0.1, 0.15) is 6.29 Å². The Morgan fingerprint density at radius 2 is 2.33 bits per heavy atom. The topological polar surface area (TPSA) is 29.1 Å². The molecule has 0 amide bonds. The third kappa shape index (κ3) is 1.52. The van der Waals surface area contributed by atoms with E-state index in [1.54, 1.807) is 0 Å². The van der Waals surface area contributed by atoms with Gasteiger partial charge in [-0.15, -0.1) is 0 Å². The van der Waals surface area contributed by atoms with E-state index >= 15 is 0 Å². The summed E-state index contributed by atoms with van der Waals surface area (Å²) in [6.07, 6.45) is 1.98. The molecular formula is C7H13NO. The molecule has 0 bridgehead atoms. The van der Waals surface area contributed by atoms with Gasteiger partial charge in [-0.3, -0.25) is 0 Å². The van der Waals surface area contributed by atoms with Crippen LogP contribution in [0.25, 0.3) is 0 Å². The van der Waals surface area contributed by atoms with E-state index in [1.165, 1.54) is 0 Å². The highest BCUT2D eigenvalue weighted by molar-refractivity contribution is 5.58. The van der Waals surface area contributed by atoms with Crippen LogP contribution < -0.4 is 5.32 Å². The fourth-order valence-corrected chi connectivity index (χ4v) is 1.24. The predicted octanol–water partition coefficient (Wildman–Crippen LogP) is 0.573. The summed E-state index contributed by atoms with van der Waals surface area (Å²) in [6.45, 7) is 5.31. The Morgan fingerprint density at radius 1 is 1.67 bits per heavy atom. The zero-order valence-corrected chi connectivity index (χ0v) is 5.98. The van der Waals surface area contributed by atoms with Crippen LogP contribution in [0.2, 0.25) is 0 Å². The molecule has 0 unspecified atom stereocenters. The number of nitrogens with one attached hydrogen (secondary N) is 1. The number of aldehydes is 1. The maximum absolute atomic E-state index is 10.2. The van der Waals surface area contributed by atoms with Gasteiger partial charge in [-0.2, -0.15) is 0 Å². The second kappa shape index (κ2) is 2.10. The van der Waals surface area contributed by atoms with Crippen LogP contribution in [0.4, 0.5) is 0 Å². The maximum atomic E-state index is 10.2. The van der Waals surface area contributed by atoms with Crippen LogP contribution >= 0.6 is 0 Å². The van der Waals surface area contributed by atoms with Crippen molar-refractivity contribution in [2.45, 2.75) is 26.3 Å². The minimum Gasteiger partial charge on any atom is -0.307 e. The molecule has 1 N–H and O–H groups in total. The first-order valence-corrected chi connectivity index (χ1v) is 3.33. The lowest BCUT2D eigenvalue weighted by molar-refractivity contribution is -0.109. The van der Waals surface area contributed by atoms with E-state index in [-0.39, 0.29) is 6.04 Å². The molecule has 1 saturated heterocycles. The second-order valence-corrected chi connectivity index (χ2v) is 3.49. The van der Waals surface area contributed by atoms with Crippen LogP contribution in [-0.4, -0.2) is 18.9 Å². The van der Waals surface area contributed by atoms with E-state index in [9.17, 15) is 4.79 Å². The number of hydrogen-bond acceptors (Lipinski definition) is 2. The second-order valence-electron chi connectivity index (χ2n) is 3.49. The van der Waals surface area contributed by atoms with Gasteiger partial charge < -0.3 is 10.1 Å². The fraction of sp³-hybridized carbons (Fsp3) is 0.857. The first-order chi connectivity index (χ1) is 4.14. The van der Waals surface area contributed by atoms with Crippen LogP contribution in [0.15, 0.2) is 0 Å². The van der Waals surface area contributed by atoms with E-state index in [0.29, 0.717) is 5.41 Å². The average molecular weight is 127 g/mol. The van der Waals surface area contributed by atoms with Gasteiger partial charge in [0.15, 0.2) is 0 Å². The molecular weight excluding hydrogens is 114 g/mol. The van der Waals surface area contributed by atoms with E-state index in [0.717, 1.165) is 19.3 Å². The SMILES string of the molecule is CC1(C)CN[C@H](C=O)C1. The van der Waals surface area contributed by atoms with Crippen molar-refractivity contribution in [2.75, 3.05) is 6.54 Å². The first-order valence-electron chi connectivity index (χ1n) is 3.33. The van der Waals surface area contributed by atoms with Crippen LogP contribution in [0.1, 0.15) is 20.3 Å². The van der Waals surface area contributed by atoms with E-state index in [1.807, 2.05) is 0 Å². The molecule has 1 aliphatic rings. The molecule has 0 radical (unpaired) electrons. The van der Waals surface area contributed by atoms with Gasteiger partial charge in [0, 0.05) is 6.54 Å². The van der Waals surface area contributed by atoms with Gasteiger partial charge in [-0.05, 0) is 11.8 Å². The summed E-state index contributed by atoms with van der Waals surface area (Å²) in [5, 5.41) is 3.13. The quantitative estimate of drug-likeness (QED) is 0.522. The van der Waals surface area contributed by atoms with Crippen molar-refractivity contribution >= 4 is 6.29 Å². The lowest BCUT2D eigenvalue weighted by Gasteiger charge is -2.13. The fourth-order valence-electron chi connectivity index (χ4n) is 1.24. The molecule has 52 valence electrons. The maximum Gasteiger partial charge on any atom is 0.136 e. The van der Waals surface area contributed by atoms with E-state index in [2.05, 4.69) is 19.2 Å². The Balaban J connectivity index is 2.47. The lowest BCUT2D eigenvalue weighted by atomic mass is 9.91. The number of carbonyl (C=O) groups is 1. The summed E-state index contributed by atoms with van der Waals surface area (Å²) in [4.78, 5) is 10.2. The van der Waals surface area contributed by atoms with Gasteiger partial charge in [0.2, 0.25) is 0 Å². The minimum absolute atomic E-state index is 0.111. The number of hydrogen-bond donors (Lipinski definition) is 1. The van der Waals surface area contributed by atoms with Crippen molar-refractivity contribution in [3.05, 3.63) is 0 Å². The highest BCUT2D eigenvalue weighted by Gasteiger charge is 2.29. The first kappa shape index (κ1) is 6.75. The molecule has 1 aliphatic heterocycles. The van der Waals surface area contributed by atoms with E-state index in [4.69, 9.17) is 0 Å². The summed E-state index contributed by atoms with van der Waals surface area (Å²) in [5.74, 6) is 0. The zero-order chi connectivity index (χ0) is 6.91. The molecule has 0 aromatic heterocycles. The van der Waals surface area contributed by atoms with Crippen molar-refractivity contribution in [1.29, 1.82) is 0 Å². The molecule has 1 atom stereocenters. The van der Waals surface area contributed by atoms with Crippen LogP contribution in [0, 0.1) is 5.41 Å². The van der Waals surface area contributed by atoms with Crippen molar-refractivity contribution in [3.8, 4) is 0 Å². The molecule has 2 nitrogen and oxygen atoms in total. The van der Waals surface area contributed by atoms with Crippen molar-refractivity contribution < 1.29 is 4.79 Å². The Morgan fingerprint density at radius 3 is 2.56 bits per heavy atom. The highest BCUT2D eigenvalue weighted by Crippen LogP contribution is 2.25. The Hall–Kier alpha value is -0.370. The van der Waals surface area contributed by atoms with Crippen LogP contribution in [-0.2, 0) is 4.79 Å². The third-order valence-electron chi connectivity index (χ3n) is 1.78. The van der Waals surface area contributed by atoms with Crippen molar-refractivity contribution in [2.24, 2.45) is 5.41 Å². The van der Waals surface area contributed by atoms with Crippen molar-refractivity contribution in [3.63, 3.8) is 0 Å². The van der Waals surface area contributed by atoms with Crippen LogP contribution in [0.5, 0.6) is 0 Å². The summed E-state index contributed by atoms with van der Waals surface area (Å²) in [7, 11) is 0. The lowest BCUT2D eigenvalue weighted by Crippen LogP contribution is -2.22. The standard InChI is InChI=1S/C7H13NO/c1-7(2)3-6(4-9)8-5-7/h4,6,8H,3,5H2,1-2H3/t6-/m0/s1. The number of rotatable bonds is 1. The Labute approximate surface area is 55.6 Å². The molecule has 1 heterocycles. The minimum atomic E-state index is 0.111. The van der Waals surface area contributed by atoms with Gasteiger partial charge in [-0.1, -0.05) is 13.8 Å². The monoisotopic (exact) mass is 127 g/mol. The zero-order valence-electron chi connectivity index (χ0n) is 5.98. The summed E-state index contributed by atoms with van der Waals surface area (Å²) >= 11 is 0. The molecule has 1 rings (SSSR count). The smallest absolute Gasteiger partial charge is 0.136 e. The number of carbonyl (C=O) groups excluding carboxylic acids is 1. The van der Waals surface area contributed by atoms with Gasteiger partial charge in [0.25, 0.3) is 0 Å². The van der Waals surface area contributed by atoms with Gasteiger partial charge >= 0.3 is 0 Å². The largest absolute Gasteiger partial charge is 0.307 e. The average Bonchev–Trinajstić information content (AvgIpc) is 2.10. The molecule has 0 aromatic rings. The van der Waals surface area contributed by atoms with Crippen LogP contribution in [0.3, 0.4) is 0 Å². The molecule has 9 heavy (non-hydrogen) atoms. The molecule has 2 heteroatoms. The molecule has 1 fully saturated rings. The summed E-state index contributed by atoms with van der Waals surface area (Å²) < 4.78 is 0. The third-order valence-corrected chi connectivity index (χ3v) is 1.78. The summed E-state index contributed by atoms with van der Waals surface area (Å²) in [6, 6.07) is 0.111. The normalized spacial score (nSPS) is 32.4. The Kier molecular flexibility index (Phi) is 1.58. The molecule has 0 spiro atoms. The molecule has 0 aromatic carbocycles. The van der Waals surface area contributed by atoms with Crippen molar-refractivity contribution in [1.82, 2.24) is 5.32 Å². The Bertz CT molecular complexity index is 120. The van der Waals surface area contributed by atoms with Gasteiger partial charge in [-0.25, -0.2) is 0 Å².